The largest absolute Gasteiger partial charge is 0.361 e. The number of aromatic amines is 1. The molecule has 0 spiro atoms. The topological polar surface area (TPSA) is 36.1 Å². The first-order valence-corrected chi connectivity index (χ1v) is 9.10. The smallest absolute Gasteiger partial charge is 0.223 e. The predicted molar refractivity (Wildman–Crippen MR) is 93.3 cm³/mol. The van der Waals surface area contributed by atoms with E-state index in [0.29, 0.717) is 24.4 Å². The lowest BCUT2D eigenvalue weighted by Gasteiger charge is -2.33. The Morgan fingerprint density at radius 1 is 1.26 bits per heavy atom. The van der Waals surface area contributed by atoms with Gasteiger partial charge in [0.05, 0.1) is 0 Å². The molecular weight excluding hydrogens is 284 g/mol. The molecule has 1 aromatic heterocycles. The van der Waals surface area contributed by atoms with Crippen LogP contribution in [0, 0.1) is 5.92 Å². The zero-order valence-corrected chi connectivity index (χ0v) is 13.9. The van der Waals surface area contributed by atoms with Crippen molar-refractivity contribution in [3.8, 4) is 0 Å². The molecule has 1 N–H and O–H groups in total. The number of nitrogens with one attached hydrogen (secondary N) is 1. The zero-order valence-electron chi connectivity index (χ0n) is 13.9. The summed E-state index contributed by atoms with van der Waals surface area (Å²) in [6.45, 7) is 2.24. The Morgan fingerprint density at radius 2 is 2.09 bits per heavy atom. The third-order valence-electron chi connectivity index (χ3n) is 5.92. The average molecular weight is 310 g/mol. The lowest BCUT2D eigenvalue weighted by atomic mass is 9.85. The highest BCUT2D eigenvalue weighted by Crippen LogP contribution is 2.39. The fourth-order valence-electron chi connectivity index (χ4n) is 4.85. The number of hydrogen-bond acceptors (Lipinski definition) is 1. The van der Waals surface area contributed by atoms with Crippen molar-refractivity contribution in [2.24, 2.45) is 5.92 Å². The molecule has 3 unspecified atom stereocenters. The van der Waals surface area contributed by atoms with Crippen molar-refractivity contribution in [1.82, 2.24) is 9.88 Å². The molecule has 0 bridgehead atoms. The molecule has 1 aromatic carbocycles. The van der Waals surface area contributed by atoms with Gasteiger partial charge in [-0.15, -0.1) is 0 Å². The Bertz CT molecular complexity index is 704. The minimum absolute atomic E-state index is 0.359. The van der Waals surface area contributed by atoms with E-state index in [1.54, 1.807) is 0 Å². The van der Waals surface area contributed by atoms with Gasteiger partial charge in [-0.2, -0.15) is 0 Å². The van der Waals surface area contributed by atoms with Crippen molar-refractivity contribution < 1.29 is 4.79 Å². The molecule has 122 valence electrons. The van der Waals surface area contributed by atoms with E-state index >= 15 is 0 Å². The molecule has 2 heterocycles. The maximum Gasteiger partial charge on any atom is 0.223 e. The van der Waals surface area contributed by atoms with Crippen LogP contribution in [0.15, 0.2) is 30.5 Å². The van der Waals surface area contributed by atoms with Crippen LogP contribution in [0.5, 0.6) is 0 Å². The lowest BCUT2D eigenvalue weighted by Crippen LogP contribution is -2.42. The number of hydrogen-bond donors (Lipinski definition) is 1. The maximum absolute atomic E-state index is 12.9. The number of aromatic nitrogens is 1. The average Bonchev–Trinajstić information content (AvgIpc) is 3.12. The Morgan fingerprint density at radius 3 is 3.00 bits per heavy atom. The molecule has 1 aliphatic carbocycles. The van der Waals surface area contributed by atoms with Crippen molar-refractivity contribution in [2.45, 2.75) is 64.0 Å². The van der Waals surface area contributed by atoms with Gasteiger partial charge < -0.3 is 9.88 Å². The Kier molecular flexibility index (Phi) is 3.88. The predicted octanol–water partition coefficient (Wildman–Crippen LogP) is 4.28. The van der Waals surface area contributed by atoms with Gasteiger partial charge in [0.15, 0.2) is 0 Å². The van der Waals surface area contributed by atoms with Crippen LogP contribution in [0.2, 0.25) is 0 Å². The number of fused-ring (bicyclic) bond motifs is 2. The van der Waals surface area contributed by atoms with Crippen LogP contribution < -0.4 is 0 Å². The van der Waals surface area contributed by atoms with Crippen LogP contribution in [0.3, 0.4) is 0 Å². The summed E-state index contributed by atoms with van der Waals surface area (Å²) < 4.78 is 0. The number of likely N-dealkylation sites (tertiary alicyclic amines) is 1. The molecule has 4 rings (SSSR count). The van der Waals surface area contributed by atoms with Gasteiger partial charge >= 0.3 is 0 Å². The van der Waals surface area contributed by atoms with Crippen molar-refractivity contribution in [3.63, 3.8) is 0 Å². The number of carbonyl (C=O) groups excluding carboxylic acids is 1. The van der Waals surface area contributed by atoms with E-state index in [0.717, 1.165) is 17.9 Å². The summed E-state index contributed by atoms with van der Waals surface area (Å²) in [5.41, 5.74) is 2.43. The molecule has 2 aromatic rings. The molecule has 3 nitrogen and oxygen atoms in total. The van der Waals surface area contributed by atoms with Crippen LogP contribution in [-0.2, 0) is 11.2 Å². The quantitative estimate of drug-likeness (QED) is 0.902. The Balaban J connectivity index is 1.45. The highest BCUT2D eigenvalue weighted by atomic mass is 16.2. The second kappa shape index (κ2) is 6.03. The maximum atomic E-state index is 12.9. The molecule has 1 amide bonds. The van der Waals surface area contributed by atoms with E-state index in [-0.39, 0.29) is 0 Å². The van der Waals surface area contributed by atoms with Crippen molar-refractivity contribution in [2.75, 3.05) is 0 Å². The summed E-state index contributed by atoms with van der Waals surface area (Å²) in [6, 6.07) is 9.30. The van der Waals surface area contributed by atoms with Crippen molar-refractivity contribution >= 4 is 16.8 Å². The molecule has 2 aliphatic rings. The van der Waals surface area contributed by atoms with E-state index in [1.165, 1.54) is 43.1 Å². The number of rotatable bonds is 3. The number of aryl methyl sites for hydroxylation is 1. The van der Waals surface area contributed by atoms with Crippen LogP contribution in [0.1, 0.15) is 51.0 Å². The van der Waals surface area contributed by atoms with Gasteiger partial charge in [0.25, 0.3) is 0 Å². The third kappa shape index (κ3) is 2.66. The molecule has 3 atom stereocenters. The van der Waals surface area contributed by atoms with Crippen LogP contribution in [-0.4, -0.2) is 27.9 Å². The van der Waals surface area contributed by atoms with E-state index in [4.69, 9.17) is 0 Å². The van der Waals surface area contributed by atoms with Gasteiger partial charge in [-0.25, -0.2) is 0 Å². The number of carbonyl (C=O) groups is 1. The summed E-state index contributed by atoms with van der Waals surface area (Å²) in [5, 5.41) is 1.25. The second-order valence-electron chi connectivity index (χ2n) is 7.36. The first-order valence-electron chi connectivity index (χ1n) is 9.10. The molecule has 1 aliphatic heterocycles. The summed E-state index contributed by atoms with van der Waals surface area (Å²) in [7, 11) is 0. The summed E-state index contributed by atoms with van der Waals surface area (Å²) in [6.07, 6.45) is 9.93. The van der Waals surface area contributed by atoms with Gasteiger partial charge in [0, 0.05) is 35.6 Å². The van der Waals surface area contributed by atoms with Crippen LogP contribution in [0.25, 0.3) is 10.9 Å². The Hall–Kier alpha value is -1.77. The fourth-order valence-corrected chi connectivity index (χ4v) is 4.85. The van der Waals surface area contributed by atoms with Gasteiger partial charge in [-0.3, -0.25) is 4.79 Å². The van der Waals surface area contributed by atoms with Gasteiger partial charge in [-0.1, -0.05) is 31.0 Å². The Labute approximate surface area is 138 Å². The van der Waals surface area contributed by atoms with Crippen LogP contribution in [0.4, 0.5) is 0 Å². The molecule has 1 saturated heterocycles. The SMILES string of the molecule is CC1CC2CCCCC2N1C(=O)CCc1c[nH]c2ccccc12. The van der Waals surface area contributed by atoms with E-state index < -0.39 is 0 Å². The highest BCUT2D eigenvalue weighted by molar-refractivity contribution is 5.84. The molecule has 0 radical (unpaired) electrons. The van der Waals surface area contributed by atoms with Gasteiger partial charge in [0.2, 0.25) is 5.91 Å². The molecular formula is C20H26N2O. The zero-order chi connectivity index (χ0) is 15.8. The number of nitrogens with zero attached hydrogens (tertiary/aromatic N) is 1. The first-order chi connectivity index (χ1) is 11.2. The first kappa shape index (κ1) is 14.8. The summed E-state index contributed by atoms with van der Waals surface area (Å²) >= 11 is 0. The van der Waals surface area contributed by atoms with E-state index in [1.807, 2.05) is 6.07 Å². The number of H-pyrrole nitrogens is 1. The highest BCUT2D eigenvalue weighted by Gasteiger charge is 2.41. The monoisotopic (exact) mass is 310 g/mol. The number of para-hydroxylation sites is 1. The third-order valence-corrected chi connectivity index (χ3v) is 5.92. The number of benzene rings is 1. The van der Waals surface area contributed by atoms with E-state index in [2.05, 4.69) is 41.2 Å². The van der Waals surface area contributed by atoms with Crippen molar-refractivity contribution in [3.05, 3.63) is 36.0 Å². The molecule has 23 heavy (non-hydrogen) atoms. The second-order valence-corrected chi connectivity index (χ2v) is 7.36. The van der Waals surface area contributed by atoms with Crippen LogP contribution >= 0.6 is 0 Å². The molecule has 1 saturated carbocycles. The minimum Gasteiger partial charge on any atom is -0.361 e. The molecule has 2 fully saturated rings. The molecule has 3 heteroatoms. The minimum atomic E-state index is 0.359. The van der Waals surface area contributed by atoms with E-state index in [9.17, 15) is 4.79 Å². The van der Waals surface area contributed by atoms with Gasteiger partial charge in [0.1, 0.15) is 0 Å². The van der Waals surface area contributed by atoms with Gasteiger partial charge in [-0.05, 0) is 50.2 Å². The standard InChI is InChI=1S/C20H26N2O/c1-14-12-15-6-2-5-9-19(15)22(14)20(23)11-10-16-13-21-18-8-4-3-7-17(16)18/h3-4,7-8,13-15,19,21H,2,5-6,9-12H2,1H3. The summed E-state index contributed by atoms with van der Waals surface area (Å²) in [5.74, 6) is 1.12. The summed E-state index contributed by atoms with van der Waals surface area (Å²) in [4.78, 5) is 18.4. The lowest BCUT2D eigenvalue weighted by molar-refractivity contribution is -0.134. The number of amides is 1. The van der Waals surface area contributed by atoms with Crippen molar-refractivity contribution in [1.29, 1.82) is 0 Å². The normalized spacial score (nSPS) is 27.3. The fraction of sp³-hybridized carbons (Fsp3) is 0.550.